The van der Waals surface area contributed by atoms with Crippen molar-refractivity contribution in [3.8, 4) is 0 Å². The van der Waals surface area contributed by atoms with E-state index < -0.39 is 0 Å². The van der Waals surface area contributed by atoms with Crippen LogP contribution in [0, 0.1) is 12.3 Å². The van der Waals surface area contributed by atoms with Gasteiger partial charge in [-0.2, -0.15) is 0 Å². The number of aromatic nitrogens is 1. The zero-order valence-corrected chi connectivity index (χ0v) is 6.26. The van der Waals surface area contributed by atoms with Gasteiger partial charge in [-0.05, 0) is 19.1 Å². The Morgan fingerprint density at radius 1 is 1.55 bits per heavy atom. The van der Waals surface area contributed by atoms with Gasteiger partial charge in [-0.3, -0.25) is 5.41 Å². The maximum Gasteiger partial charge on any atom is 0.124 e. The van der Waals surface area contributed by atoms with Gasteiger partial charge < -0.3 is 11.5 Å². The molecule has 1 aromatic rings. The molecule has 4 nitrogen and oxygen atoms in total. The molecule has 1 aromatic heterocycles. The number of nitrogens with two attached hydrogens (primary N) is 2. The molecular weight excluding hydrogens is 140 g/mol. The fourth-order valence-corrected chi connectivity index (χ4v) is 0.850. The molecule has 0 fully saturated rings. The van der Waals surface area contributed by atoms with Gasteiger partial charge in [-0.1, -0.05) is 0 Å². The summed E-state index contributed by atoms with van der Waals surface area (Å²) in [4.78, 5) is 3.94. The highest BCUT2D eigenvalue weighted by molar-refractivity contribution is 5.95. The minimum atomic E-state index is 0.0159. The summed E-state index contributed by atoms with van der Waals surface area (Å²) < 4.78 is 0. The number of nitrogens with one attached hydrogen (secondary N) is 1. The van der Waals surface area contributed by atoms with Gasteiger partial charge in [0, 0.05) is 11.3 Å². The van der Waals surface area contributed by atoms with Crippen molar-refractivity contribution in [1.29, 1.82) is 5.41 Å². The molecule has 11 heavy (non-hydrogen) atoms. The minimum Gasteiger partial charge on any atom is -0.384 e. The molecule has 0 unspecified atom stereocenters. The molecule has 58 valence electrons. The van der Waals surface area contributed by atoms with Gasteiger partial charge >= 0.3 is 0 Å². The van der Waals surface area contributed by atoms with E-state index in [0.717, 1.165) is 5.69 Å². The molecule has 0 amide bonds. The van der Waals surface area contributed by atoms with Gasteiger partial charge in [0.2, 0.25) is 0 Å². The summed E-state index contributed by atoms with van der Waals surface area (Å²) in [6.07, 6.45) is 0. The smallest absolute Gasteiger partial charge is 0.124 e. The highest BCUT2D eigenvalue weighted by Crippen LogP contribution is 2.05. The van der Waals surface area contributed by atoms with Gasteiger partial charge in [0.1, 0.15) is 11.7 Å². The summed E-state index contributed by atoms with van der Waals surface area (Å²) in [6.45, 7) is 1.81. The molecule has 0 aliphatic carbocycles. The average Bonchev–Trinajstić information content (AvgIpc) is 1.85. The van der Waals surface area contributed by atoms with Crippen molar-refractivity contribution in [1.82, 2.24) is 4.98 Å². The van der Waals surface area contributed by atoms with E-state index in [1.807, 2.05) is 6.92 Å². The average molecular weight is 150 g/mol. The number of hydrogen-bond acceptors (Lipinski definition) is 3. The molecule has 0 atom stereocenters. The van der Waals surface area contributed by atoms with Gasteiger partial charge in [0.15, 0.2) is 0 Å². The Hall–Kier alpha value is -1.58. The van der Waals surface area contributed by atoms with Crippen LogP contribution >= 0.6 is 0 Å². The van der Waals surface area contributed by atoms with Gasteiger partial charge in [0.25, 0.3) is 0 Å². The lowest BCUT2D eigenvalue weighted by Crippen LogP contribution is -2.12. The van der Waals surface area contributed by atoms with Crippen LogP contribution in [-0.4, -0.2) is 10.8 Å². The topological polar surface area (TPSA) is 88.8 Å². The Labute approximate surface area is 64.7 Å². The summed E-state index contributed by atoms with van der Waals surface area (Å²) in [5.74, 6) is 0.414. The first-order chi connectivity index (χ1) is 5.09. The molecule has 0 aromatic carbocycles. The van der Waals surface area contributed by atoms with E-state index >= 15 is 0 Å². The van der Waals surface area contributed by atoms with Crippen molar-refractivity contribution in [3.63, 3.8) is 0 Å². The molecular formula is C7H10N4. The number of anilines is 1. The van der Waals surface area contributed by atoms with E-state index in [-0.39, 0.29) is 5.84 Å². The molecule has 0 bridgehead atoms. The van der Waals surface area contributed by atoms with E-state index in [9.17, 15) is 0 Å². The third kappa shape index (κ3) is 1.67. The minimum absolute atomic E-state index is 0.0159. The molecule has 0 spiro atoms. The van der Waals surface area contributed by atoms with Gasteiger partial charge in [-0.15, -0.1) is 0 Å². The van der Waals surface area contributed by atoms with Crippen LogP contribution in [0.15, 0.2) is 12.1 Å². The van der Waals surface area contributed by atoms with Crippen LogP contribution in [0.4, 0.5) is 5.82 Å². The van der Waals surface area contributed by atoms with Crippen LogP contribution in [0.1, 0.15) is 11.3 Å². The molecule has 4 heteroatoms. The maximum absolute atomic E-state index is 7.12. The standard InChI is InChI=1S/C7H10N4/c1-4-2-5(7(9)10)3-6(8)11-4/h2-3H,1H3,(H2,8,11)(H3,9,10). The predicted octanol–water partition coefficient (Wildman–Crippen LogP) is 0.256. The normalized spacial score (nSPS) is 9.55. The number of nitrogens with zero attached hydrogens (tertiary/aromatic N) is 1. The molecule has 1 rings (SSSR count). The Bertz CT molecular complexity index is 272. The van der Waals surface area contributed by atoms with Crippen molar-refractivity contribution in [2.24, 2.45) is 5.73 Å². The van der Waals surface area contributed by atoms with Crippen LogP contribution in [0.3, 0.4) is 0 Å². The molecule has 0 aliphatic rings. The third-order valence-electron chi connectivity index (χ3n) is 1.28. The first-order valence-corrected chi connectivity index (χ1v) is 3.18. The first kappa shape index (κ1) is 7.53. The molecule has 1 heterocycles. The van der Waals surface area contributed by atoms with Gasteiger partial charge in [-0.25, -0.2) is 4.98 Å². The third-order valence-corrected chi connectivity index (χ3v) is 1.28. The van der Waals surface area contributed by atoms with E-state index in [0.29, 0.717) is 11.4 Å². The molecule has 0 saturated carbocycles. The zero-order valence-electron chi connectivity index (χ0n) is 6.26. The van der Waals surface area contributed by atoms with E-state index in [1.54, 1.807) is 12.1 Å². The highest BCUT2D eigenvalue weighted by Gasteiger charge is 1.98. The summed E-state index contributed by atoms with van der Waals surface area (Å²) in [5, 5.41) is 7.12. The Kier molecular flexibility index (Phi) is 1.76. The second-order valence-electron chi connectivity index (χ2n) is 2.34. The lowest BCUT2D eigenvalue weighted by Gasteiger charge is -2.00. The SMILES string of the molecule is Cc1cc(C(=N)N)cc(N)n1. The number of amidine groups is 1. The van der Waals surface area contributed by atoms with Crippen LogP contribution in [0.25, 0.3) is 0 Å². The van der Waals surface area contributed by atoms with Crippen LogP contribution in [-0.2, 0) is 0 Å². The number of rotatable bonds is 1. The lowest BCUT2D eigenvalue weighted by molar-refractivity contribution is 1.20. The Morgan fingerprint density at radius 2 is 2.18 bits per heavy atom. The fourth-order valence-electron chi connectivity index (χ4n) is 0.850. The van der Waals surface area contributed by atoms with Crippen molar-refractivity contribution in [3.05, 3.63) is 23.4 Å². The number of aryl methyl sites for hydroxylation is 1. The van der Waals surface area contributed by atoms with Gasteiger partial charge in [0.05, 0.1) is 0 Å². The maximum atomic E-state index is 7.12. The summed E-state index contributed by atoms with van der Waals surface area (Å²) in [6, 6.07) is 3.30. The van der Waals surface area contributed by atoms with Crippen molar-refractivity contribution < 1.29 is 0 Å². The quantitative estimate of drug-likeness (QED) is 0.396. The van der Waals surface area contributed by atoms with Crippen molar-refractivity contribution >= 4 is 11.7 Å². The number of hydrogen-bond donors (Lipinski definition) is 3. The summed E-state index contributed by atoms with van der Waals surface area (Å²) in [7, 11) is 0. The Morgan fingerprint density at radius 3 is 2.64 bits per heavy atom. The fraction of sp³-hybridized carbons (Fsp3) is 0.143. The lowest BCUT2D eigenvalue weighted by atomic mass is 10.2. The second-order valence-corrected chi connectivity index (χ2v) is 2.34. The Balaban J connectivity index is 3.19. The molecule has 5 N–H and O–H groups in total. The van der Waals surface area contributed by atoms with Crippen LogP contribution in [0.5, 0.6) is 0 Å². The van der Waals surface area contributed by atoms with Crippen LogP contribution in [0.2, 0.25) is 0 Å². The largest absolute Gasteiger partial charge is 0.384 e. The van der Waals surface area contributed by atoms with Crippen molar-refractivity contribution in [2.45, 2.75) is 6.92 Å². The van der Waals surface area contributed by atoms with Crippen LogP contribution < -0.4 is 11.5 Å². The summed E-state index contributed by atoms with van der Waals surface area (Å²) >= 11 is 0. The summed E-state index contributed by atoms with van der Waals surface area (Å²) in [5.41, 5.74) is 12.1. The highest BCUT2D eigenvalue weighted by atomic mass is 14.8. The first-order valence-electron chi connectivity index (χ1n) is 3.18. The predicted molar refractivity (Wildman–Crippen MR) is 44.4 cm³/mol. The van der Waals surface area contributed by atoms with E-state index in [2.05, 4.69) is 4.98 Å². The van der Waals surface area contributed by atoms with Crippen molar-refractivity contribution in [2.75, 3.05) is 5.73 Å². The zero-order chi connectivity index (χ0) is 8.43. The monoisotopic (exact) mass is 150 g/mol. The number of pyridine rings is 1. The molecule has 0 radical (unpaired) electrons. The van der Waals surface area contributed by atoms with E-state index in [4.69, 9.17) is 16.9 Å². The second kappa shape index (κ2) is 2.57. The molecule has 0 saturated heterocycles. The van der Waals surface area contributed by atoms with E-state index in [1.165, 1.54) is 0 Å². The number of nitrogen functional groups attached to an aromatic ring is 2. The molecule has 0 aliphatic heterocycles.